The van der Waals surface area contributed by atoms with Crippen molar-refractivity contribution in [3.63, 3.8) is 0 Å². The lowest BCUT2D eigenvalue weighted by Gasteiger charge is -2.30. The van der Waals surface area contributed by atoms with Crippen molar-refractivity contribution < 1.29 is 14.8 Å². The fourth-order valence-corrected chi connectivity index (χ4v) is 5.80. The summed E-state index contributed by atoms with van der Waals surface area (Å²) in [5.74, 6) is -0.546. The second-order valence-corrected chi connectivity index (χ2v) is 10.5. The highest BCUT2D eigenvalue weighted by Crippen LogP contribution is 2.38. The van der Waals surface area contributed by atoms with Crippen molar-refractivity contribution in [2.45, 2.75) is 38.8 Å². The van der Waals surface area contributed by atoms with Crippen molar-refractivity contribution >= 4 is 34.6 Å². The van der Waals surface area contributed by atoms with Gasteiger partial charge in [-0.1, -0.05) is 48.5 Å². The van der Waals surface area contributed by atoms with E-state index in [9.17, 15) is 9.59 Å². The van der Waals surface area contributed by atoms with Crippen molar-refractivity contribution in [3.8, 4) is 0 Å². The second-order valence-electron chi connectivity index (χ2n) is 10.5. The van der Waals surface area contributed by atoms with Crippen LogP contribution in [-0.4, -0.2) is 39.7 Å². The van der Waals surface area contributed by atoms with Gasteiger partial charge in [-0.15, -0.1) is 0 Å². The highest BCUT2D eigenvalue weighted by molar-refractivity contribution is 5.91. The Morgan fingerprint density at radius 1 is 1.10 bits per heavy atom. The SMILES string of the molecule is CCNC(=O)Nc1ccc(CN(CCc2cn(C)c3ccccc23)C2CCc3cc(C=CC(=O)NO)ccc32)cc1. The number of para-hydroxylation sites is 1. The molecule has 4 N–H and O–H groups in total. The van der Waals surface area contributed by atoms with Crippen LogP contribution in [0.15, 0.2) is 79.0 Å². The number of nitrogens with zero attached hydrogens (tertiary/aromatic N) is 2. The summed E-state index contributed by atoms with van der Waals surface area (Å²) in [6, 6.07) is 23.0. The van der Waals surface area contributed by atoms with Crippen LogP contribution in [0.1, 0.15) is 47.2 Å². The highest BCUT2D eigenvalue weighted by atomic mass is 16.5. The average Bonchev–Trinajstić information content (AvgIpc) is 3.55. The number of hydroxylamine groups is 1. The van der Waals surface area contributed by atoms with Crippen LogP contribution in [0, 0.1) is 0 Å². The summed E-state index contributed by atoms with van der Waals surface area (Å²) in [5, 5.41) is 15.7. The Kier molecular flexibility index (Phi) is 8.82. The summed E-state index contributed by atoms with van der Waals surface area (Å²) in [6.45, 7) is 4.15. The molecule has 5 rings (SSSR count). The first kappa shape index (κ1) is 28.1. The molecule has 1 aliphatic carbocycles. The van der Waals surface area contributed by atoms with Crippen molar-refractivity contribution in [2.75, 3.05) is 18.4 Å². The Bertz CT molecular complexity index is 1560. The zero-order valence-corrected chi connectivity index (χ0v) is 23.6. The Morgan fingerprint density at radius 3 is 2.68 bits per heavy atom. The molecule has 1 aromatic heterocycles. The summed E-state index contributed by atoms with van der Waals surface area (Å²) < 4.78 is 2.20. The summed E-state index contributed by atoms with van der Waals surface area (Å²) in [5.41, 5.74) is 9.72. The van der Waals surface area contributed by atoms with Gasteiger partial charge in [0, 0.05) is 61.6 Å². The van der Waals surface area contributed by atoms with E-state index >= 15 is 0 Å². The topological polar surface area (TPSA) is 98.6 Å². The maximum atomic E-state index is 11.9. The van der Waals surface area contributed by atoms with Gasteiger partial charge in [0.05, 0.1) is 0 Å². The largest absolute Gasteiger partial charge is 0.350 e. The summed E-state index contributed by atoms with van der Waals surface area (Å²) in [6.07, 6.45) is 8.21. The minimum atomic E-state index is -0.546. The number of urea groups is 1. The van der Waals surface area contributed by atoms with Crippen molar-refractivity contribution in [1.82, 2.24) is 20.3 Å². The molecule has 0 spiro atoms. The molecule has 0 aliphatic heterocycles. The lowest BCUT2D eigenvalue weighted by Crippen LogP contribution is -2.29. The van der Waals surface area contributed by atoms with Gasteiger partial charge < -0.3 is 15.2 Å². The van der Waals surface area contributed by atoms with Gasteiger partial charge in [-0.2, -0.15) is 0 Å². The number of fused-ring (bicyclic) bond motifs is 2. The van der Waals surface area contributed by atoms with Crippen molar-refractivity contribution in [1.29, 1.82) is 0 Å². The molecule has 1 aliphatic rings. The molecule has 212 valence electrons. The fourth-order valence-electron chi connectivity index (χ4n) is 5.80. The molecule has 8 heteroatoms. The van der Waals surface area contributed by atoms with Gasteiger partial charge in [-0.25, -0.2) is 10.3 Å². The smallest absolute Gasteiger partial charge is 0.319 e. The van der Waals surface area contributed by atoms with E-state index in [1.807, 2.05) is 25.1 Å². The average molecular weight is 552 g/mol. The first-order chi connectivity index (χ1) is 19.9. The molecule has 1 atom stereocenters. The molecule has 0 saturated heterocycles. The highest BCUT2D eigenvalue weighted by Gasteiger charge is 2.28. The van der Waals surface area contributed by atoms with Crippen LogP contribution in [0.5, 0.6) is 0 Å². The van der Waals surface area contributed by atoms with Gasteiger partial charge in [-0.3, -0.25) is 14.9 Å². The number of hydrogen-bond acceptors (Lipinski definition) is 4. The van der Waals surface area contributed by atoms with Crippen LogP contribution in [0.2, 0.25) is 0 Å². The molecule has 0 saturated carbocycles. The number of amides is 3. The first-order valence-electron chi connectivity index (χ1n) is 14.1. The van der Waals surface area contributed by atoms with Gasteiger partial charge >= 0.3 is 6.03 Å². The van der Waals surface area contributed by atoms with Crippen LogP contribution in [0.4, 0.5) is 10.5 Å². The Balaban J connectivity index is 1.38. The molecule has 3 aromatic carbocycles. The first-order valence-corrected chi connectivity index (χ1v) is 14.1. The maximum Gasteiger partial charge on any atom is 0.319 e. The third kappa shape index (κ3) is 6.67. The molecule has 0 fully saturated rings. The van der Waals surface area contributed by atoms with Crippen molar-refractivity contribution in [2.24, 2.45) is 7.05 Å². The zero-order chi connectivity index (χ0) is 28.8. The van der Waals surface area contributed by atoms with E-state index in [0.717, 1.165) is 43.6 Å². The molecule has 8 nitrogen and oxygen atoms in total. The number of rotatable bonds is 10. The molecule has 1 unspecified atom stereocenters. The van der Waals surface area contributed by atoms with E-state index in [1.165, 1.54) is 39.2 Å². The maximum absolute atomic E-state index is 11.9. The Hall–Kier alpha value is -4.40. The van der Waals surface area contributed by atoms with Gasteiger partial charge in [0.2, 0.25) is 0 Å². The number of carbonyl (C=O) groups is 2. The molecular formula is C33H37N5O3. The van der Waals surface area contributed by atoms with Crippen LogP contribution in [-0.2, 0) is 31.2 Å². The van der Waals surface area contributed by atoms with Crippen LogP contribution < -0.4 is 16.1 Å². The number of aryl methyl sites for hydroxylation is 2. The molecule has 1 heterocycles. The Labute approximate surface area is 240 Å². The lowest BCUT2D eigenvalue weighted by molar-refractivity contribution is -0.124. The fraction of sp³-hybridized carbons (Fsp3) is 0.273. The standard InChI is InChI=1S/C33H37N5O3/c1-3-34-33(40)35-27-13-8-24(9-14-27)21-38(19-18-26-22-37(2)30-7-5-4-6-28(26)30)31-16-12-25-20-23(10-15-29(25)31)11-17-32(39)36-41/h4-11,13-15,17,20,22,31,41H,3,12,16,18-19,21H2,1-2H3,(H,36,39)(H2,34,35,40). The van der Waals surface area contributed by atoms with Crippen LogP contribution in [0.25, 0.3) is 17.0 Å². The molecular weight excluding hydrogens is 514 g/mol. The van der Waals surface area contributed by atoms with Gasteiger partial charge in [0.25, 0.3) is 5.91 Å². The summed E-state index contributed by atoms with van der Waals surface area (Å²) in [4.78, 5) is 25.9. The number of anilines is 1. The summed E-state index contributed by atoms with van der Waals surface area (Å²) >= 11 is 0. The quantitative estimate of drug-likeness (QED) is 0.118. The Morgan fingerprint density at radius 2 is 1.90 bits per heavy atom. The lowest BCUT2D eigenvalue weighted by atomic mass is 10.0. The van der Waals surface area contributed by atoms with E-state index in [4.69, 9.17) is 5.21 Å². The number of aromatic nitrogens is 1. The second kappa shape index (κ2) is 12.8. The minimum absolute atomic E-state index is 0.203. The van der Waals surface area contributed by atoms with E-state index in [-0.39, 0.29) is 12.1 Å². The molecule has 3 amide bonds. The third-order valence-corrected chi connectivity index (χ3v) is 7.77. The van der Waals surface area contributed by atoms with E-state index in [1.54, 1.807) is 11.6 Å². The summed E-state index contributed by atoms with van der Waals surface area (Å²) in [7, 11) is 2.10. The molecule has 0 bridgehead atoms. The predicted octanol–water partition coefficient (Wildman–Crippen LogP) is 5.57. The van der Waals surface area contributed by atoms with Gasteiger partial charge in [0.15, 0.2) is 0 Å². The molecule has 0 radical (unpaired) electrons. The van der Waals surface area contributed by atoms with E-state index in [2.05, 4.69) is 81.9 Å². The molecule has 4 aromatic rings. The number of carbonyl (C=O) groups excluding carboxylic acids is 2. The predicted molar refractivity (Wildman–Crippen MR) is 163 cm³/mol. The van der Waals surface area contributed by atoms with Gasteiger partial charge in [-0.05, 0) is 78.3 Å². The third-order valence-electron chi connectivity index (χ3n) is 7.77. The number of benzene rings is 3. The van der Waals surface area contributed by atoms with Crippen molar-refractivity contribution in [3.05, 3.63) is 107 Å². The normalized spacial score (nSPS) is 14.5. The minimum Gasteiger partial charge on any atom is -0.350 e. The van der Waals surface area contributed by atoms with E-state index in [0.29, 0.717) is 6.54 Å². The molecule has 41 heavy (non-hydrogen) atoms. The zero-order valence-electron chi connectivity index (χ0n) is 23.6. The number of nitrogens with one attached hydrogen (secondary N) is 3. The van der Waals surface area contributed by atoms with Crippen LogP contribution >= 0.6 is 0 Å². The van der Waals surface area contributed by atoms with Crippen LogP contribution in [0.3, 0.4) is 0 Å². The number of hydrogen-bond donors (Lipinski definition) is 4. The monoisotopic (exact) mass is 551 g/mol. The van der Waals surface area contributed by atoms with Gasteiger partial charge in [0.1, 0.15) is 0 Å². The van der Waals surface area contributed by atoms with E-state index < -0.39 is 5.91 Å².